The van der Waals surface area contributed by atoms with E-state index in [1.807, 2.05) is 30.3 Å². The zero-order valence-corrected chi connectivity index (χ0v) is 21.5. The summed E-state index contributed by atoms with van der Waals surface area (Å²) in [5.74, 6) is -0.718. The third-order valence-corrected chi connectivity index (χ3v) is 5.92. The second-order valence-electron chi connectivity index (χ2n) is 7.49. The Morgan fingerprint density at radius 3 is 2.23 bits per heavy atom. The van der Waals surface area contributed by atoms with E-state index in [1.54, 1.807) is 37.3 Å². The summed E-state index contributed by atoms with van der Waals surface area (Å²) in [5.41, 5.74) is 3.88. The topological polar surface area (TPSA) is 79.8 Å². The van der Waals surface area contributed by atoms with Gasteiger partial charge in [0.25, 0.3) is 11.8 Å². The van der Waals surface area contributed by atoms with Crippen molar-refractivity contribution in [3.63, 3.8) is 0 Å². The molecule has 0 saturated heterocycles. The van der Waals surface area contributed by atoms with Crippen molar-refractivity contribution in [2.75, 3.05) is 0 Å². The van der Waals surface area contributed by atoms with E-state index in [-0.39, 0.29) is 11.4 Å². The highest BCUT2D eigenvalue weighted by Gasteiger charge is 2.25. The quantitative estimate of drug-likeness (QED) is 0.254. The van der Waals surface area contributed by atoms with E-state index in [1.165, 1.54) is 12.3 Å². The van der Waals surface area contributed by atoms with Crippen LogP contribution < -0.4 is 15.5 Å². The molecule has 182 valence electrons. The number of ether oxygens (including phenoxy) is 1. The summed E-state index contributed by atoms with van der Waals surface area (Å²) >= 11 is 24.1. The minimum Gasteiger partial charge on any atom is -0.479 e. The van der Waals surface area contributed by atoms with E-state index in [0.29, 0.717) is 26.4 Å². The predicted octanol–water partition coefficient (Wildman–Crippen LogP) is 5.95. The van der Waals surface area contributed by atoms with Gasteiger partial charge in [-0.25, -0.2) is 5.43 Å². The van der Waals surface area contributed by atoms with Crippen molar-refractivity contribution in [3.8, 4) is 5.75 Å². The zero-order chi connectivity index (χ0) is 25.4. The Hall–Kier alpha value is -2.77. The van der Waals surface area contributed by atoms with Crippen LogP contribution in [0.2, 0.25) is 20.1 Å². The van der Waals surface area contributed by atoms with E-state index in [2.05, 4.69) is 15.8 Å². The molecule has 0 saturated carbocycles. The Bertz CT molecular complexity index is 1220. The maximum absolute atomic E-state index is 12.9. The van der Waals surface area contributed by atoms with Crippen molar-refractivity contribution in [2.24, 2.45) is 5.10 Å². The van der Waals surface area contributed by atoms with Gasteiger partial charge in [0.05, 0.1) is 16.3 Å². The molecule has 0 heterocycles. The number of carbonyl (C=O) groups is 2. The number of rotatable bonds is 9. The van der Waals surface area contributed by atoms with Gasteiger partial charge in [-0.2, -0.15) is 5.10 Å². The fraction of sp³-hybridized carbons (Fsp3) is 0.160. The molecular formula is C25H21Cl4N3O3. The molecular weight excluding hydrogens is 532 g/mol. The zero-order valence-electron chi connectivity index (χ0n) is 18.5. The molecule has 0 aliphatic carbocycles. The van der Waals surface area contributed by atoms with Crippen molar-refractivity contribution >= 4 is 64.4 Å². The number of carbonyl (C=O) groups excluding carboxylic acids is 2. The largest absolute Gasteiger partial charge is 0.479 e. The molecule has 0 spiro atoms. The molecule has 0 aliphatic rings. The van der Waals surface area contributed by atoms with Crippen molar-refractivity contribution < 1.29 is 14.3 Å². The molecule has 0 aromatic heterocycles. The molecule has 0 bridgehead atoms. The molecule has 3 aromatic rings. The lowest BCUT2D eigenvalue weighted by Crippen LogP contribution is -2.50. The number of hydrazone groups is 1. The first-order chi connectivity index (χ1) is 16.7. The summed E-state index contributed by atoms with van der Waals surface area (Å²) in [7, 11) is 0. The molecule has 0 aliphatic heterocycles. The summed E-state index contributed by atoms with van der Waals surface area (Å²) in [6.07, 6.45) is 0.701. The highest BCUT2D eigenvalue weighted by atomic mass is 35.5. The van der Waals surface area contributed by atoms with Crippen LogP contribution in [-0.2, 0) is 16.0 Å². The first-order valence-corrected chi connectivity index (χ1v) is 12.0. The lowest BCUT2D eigenvalue weighted by atomic mass is 10.1. The van der Waals surface area contributed by atoms with Gasteiger partial charge in [0, 0.05) is 22.0 Å². The van der Waals surface area contributed by atoms with Crippen LogP contribution in [0.3, 0.4) is 0 Å². The maximum atomic E-state index is 12.9. The molecule has 6 nitrogen and oxygen atoms in total. The van der Waals surface area contributed by atoms with Crippen LogP contribution in [0.25, 0.3) is 0 Å². The molecule has 0 fully saturated rings. The number of hydrogen-bond donors (Lipinski definition) is 2. The highest BCUT2D eigenvalue weighted by Crippen LogP contribution is 2.28. The minimum atomic E-state index is -0.934. The van der Waals surface area contributed by atoms with Gasteiger partial charge in [-0.1, -0.05) is 82.8 Å². The van der Waals surface area contributed by atoms with Crippen LogP contribution in [0.4, 0.5) is 0 Å². The average molecular weight is 553 g/mol. The normalized spacial score (nSPS) is 12.7. The van der Waals surface area contributed by atoms with Gasteiger partial charge in [-0.3, -0.25) is 9.59 Å². The Balaban J connectivity index is 1.70. The summed E-state index contributed by atoms with van der Waals surface area (Å²) in [4.78, 5) is 25.8. The number of hydrogen-bond acceptors (Lipinski definition) is 4. The summed E-state index contributed by atoms with van der Waals surface area (Å²) < 4.78 is 5.67. The number of halogens is 4. The van der Waals surface area contributed by atoms with E-state index in [0.717, 1.165) is 5.56 Å². The predicted molar refractivity (Wildman–Crippen MR) is 141 cm³/mol. The summed E-state index contributed by atoms with van der Waals surface area (Å²) in [6.45, 7) is 1.55. The van der Waals surface area contributed by atoms with Gasteiger partial charge in [-0.05, 0) is 42.8 Å². The number of nitrogens with one attached hydrogen (secondary N) is 2. The van der Waals surface area contributed by atoms with Gasteiger partial charge in [0.15, 0.2) is 6.10 Å². The van der Waals surface area contributed by atoms with Crippen LogP contribution in [-0.4, -0.2) is 30.2 Å². The molecule has 10 heteroatoms. The van der Waals surface area contributed by atoms with Crippen LogP contribution >= 0.6 is 46.4 Å². The van der Waals surface area contributed by atoms with Gasteiger partial charge >= 0.3 is 0 Å². The third kappa shape index (κ3) is 8.15. The smallest absolute Gasteiger partial charge is 0.262 e. The van der Waals surface area contributed by atoms with Crippen molar-refractivity contribution in [1.82, 2.24) is 10.7 Å². The Morgan fingerprint density at radius 1 is 0.914 bits per heavy atom. The SMILES string of the molecule is C[C@H](Oc1ccc(Cl)cc1Cl)C(=O)N[C@H](Cc1ccccc1)C(=O)N/N=C\c1ccc(Cl)cc1Cl. The second kappa shape index (κ2) is 12.8. The Labute approximate surface area is 223 Å². The molecule has 0 unspecified atom stereocenters. The summed E-state index contributed by atoms with van der Waals surface area (Å²) in [5, 5.41) is 8.27. The second-order valence-corrected chi connectivity index (χ2v) is 9.17. The van der Waals surface area contributed by atoms with Crippen molar-refractivity contribution in [1.29, 1.82) is 0 Å². The first kappa shape index (κ1) is 26.8. The molecule has 3 rings (SSSR count). The van der Waals surface area contributed by atoms with Gasteiger partial charge in [0.1, 0.15) is 11.8 Å². The van der Waals surface area contributed by atoms with Crippen LogP contribution in [0, 0.1) is 0 Å². The van der Waals surface area contributed by atoms with Crippen LogP contribution in [0.1, 0.15) is 18.1 Å². The molecule has 0 radical (unpaired) electrons. The first-order valence-electron chi connectivity index (χ1n) is 10.5. The van der Waals surface area contributed by atoms with Crippen LogP contribution in [0.5, 0.6) is 5.75 Å². The maximum Gasteiger partial charge on any atom is 0.262 e. The number of benzene rings is 3. The van der Waals surface area contributed by atoms with Gasteiger partial charge in [-0.15, -0.1) is 0 Å². The highest BCUT2D eigenvalue weighted by molar-refractivity contribution is 6.36. The fourth-order valence-electron chi connectivity index (χ4n) is 3.01. The van der Waals surface area contributed by atoms with Gasteiger partial charge in [0.2, 0.25) is 0 Å². The van der Waals surface area contributed by atoms with E-state index in [4.69, 9.17) is 51.1 Å². The number of amides is 2. The van der Waals surface area contributed by atoms with E-state index >= 15 is 0 Å². The lowest BCUT2D eigenvalue weighted by molar-refractivity contribution is -0.132. The third-order valence-electron chi connectivity index (χ3n) is 4.82. The number of nitrogens with zero attached hydrogens (tertiary/aromatic N) is 1. The minimum absolute atomic E-state index is 0.240. The summed E-state index contributed by atoms with van der Waals surface area (Å²) in [6, 6.07) is 17.9. The fourth-order valence-corrected chi connectivity index (χ4v) is 3.92. The van der Waals surface area contributed by atoms with Crippen molar-refractivity contribution in [3.05, 3.63) is 97.9 Å². The van der Waals surface area contributed by atoms with E-state index < -0.39 is 24.0 Å². The van der Waals surface area contributed by atoms with Crippen LogP contribution in [0.15, 0.2) is 71.8 Å². The molecule has 3 aromatic carbocycles. The van der Waals surface area contributed by atoms with Crippen molar-refractivity contribution in [2.45, 2.75) is 25.5 Å². The van der Waals surface area contributed by atoms with Gasteiger partial charge < -0.3 is 10.1 Å². The average Bonchev–Trinajstić information content (AvgIpc) is 2.82. The standard InChI is InChI=1S/C25H21Cl4N3O3/c1-15(35-23-10-9-19(27)13-21(23)29)24(33)31-22(11-16-5-3-2-4-6-16)25(34)32-30-14-17-7-8-18(26)12-20(17)28/h2-10,12-15,22H,11H2,1H3,(H,31,33)(H,32,34)/b30-14-/t15-,22+/m0/s1. The molecule has 35 heavy (non-hydrogen) atoms. The molecule has 2 amide bonds. The monoisotopic (exact) mass is 551 g/mol. The Kier molecular flexibility index (Phi) is 9.81. The van der Waals surface area contributed by atoms with E-state index in [9.17, 15) is 9.59 Å². The molecule has 2 N–H and O–H groups in total. The molecule has 2 atom stereocenters. The Morgan fingerprint density at radius 2 is 1.57 bits per heavy atom. The lowest BCUT2D eigenvalue weighted by Gasteiger charge is -2.21.